The monoisotopic (exact) mass is 382 g/mol. The van der Waals surface area contributed by atoms with Crippen LogP contribution in [-0.4, -0.2) is 29.9 Å². The molecule has 0 saturated carbocycles. The molecule has 2 amide bonds. The minimum Gasteiger partial charge on any atom is -0.494 e. The van der Waals surface area contributed by atoms with Gasteiger partial charge in [-0.2, -0.15) is 0 Å². The highest BCUT2D eigenvalue weighted by Crippen LogP contribution is 2.19. The average Bonchev–Trinajstić information content (AvgIpc) is 2.70. The molecule has 0 aliphatic heterocycles. The molecule has 1 N–H and O–H groups in total. The molecule has 0 aliphatic carbocycles. The second-order valence-electron chi connectivity index (χ2n) is 6.72. The van der Waals surface area contributed by atoms with E-state index in [2.05, 4.69) is 12.2 Å². The molecule has 0 aliphatic rings. The van der Waals surface area contributed by atoms with E-state index in [9.17, 15) is 9.59 Å². The van der Waals surface area contributed by atoms with Crippen LogP contribution in [-0.2, 0) is 11.3 Å². The second-order valence-corrected chi connectivity index (χ2v) is 6.72. The largest absolute Gasteiger partial charge is 0.494 e. The van der Waals surface area contributed by atoms with Crippen LogP contribution in [0.2, 0.25) is 0 Å². The zero-order chi connectivity index (χ0) is 20.4. The lowest BCUT2D eigenvalue weighted by molar-refractivity contribution is -0.129. The normalized spacial score (nSPS) is 10.4. The van der Waals surface area contributed by atoms with Gasteiger partial charge in [0.05, 0.1) is 6.61 Å². The lowest BCUT2D eigenvalue weighted by Crippen LogP contribution is -2.28. The molecule has 0 unspecified atom stereocenters. The Morgan fingerprint density at radius 2 is 1.71 bits per heavy atom. The van der Waals surface area contributed by atoms with Crippen molar-refractivity contribution in [3.8, 4) is 5.75 Å². The van der Waals surface area contributed by atoms with Gasteiger partial charge in [-0.1, -0.05) is 38.0 Å². The van der Waals surface area contributed by atoms with E-state index in [0.717, 1.165) is 30.6 Å². The van der Waals surface area contributed by atoms with Crippen LogP contribution in [0.5, 0.6) is 5.75 Å². The van der Waals surface area contributed by atoms with Crippen LogP contribution in [0, 0.1) is 0 Å². The van der Waals surface area contributed by atoms with E-state index in [1.54, 1.807) is 24.0 Å². The van der Waals surface area contributed by atoms with E-state index in [1.165, 1.54) is 0 Å². The molecular weight excluding hydrogens is 352 g/mol. The van der Waals surface area contributed by atoms with Gasteiger partial charge in [-0.05, 0) is 49.2 Å². The SMILES string of the molecule is CCCCCOc1ccc(C(=O)Nc2ccccc2CN(CC)C(C)=O)cc1. The molecule has 0 spiro atoms. The molecule has 28 heavy (non-hydrogen) atoms. The molecule has 0 heterocycles. The highest BCUT2D eigenvalue weighted by atomic mass is 16.5. The van der Waals surface area contributed by atoms with E-state index >= 15 is 0 Å². The lowest BCUT2D eigenvalue weighted by Gasteiger charge is -2.21. The Kier molecular flexibility index (Phi) is 8.53. The molecule has 0 aromatic heterocycles. The third-order valence-corrected chi connectivity index (χ3v) is 4.59. The van der Waals surface area contributed by atoms with Crippen LogP contribution in [0.1, 0.15) is 56.0 Å². The van der Waals surface area contributed by atoms with Crippen molar-refractivity contribution in [3.63, 3.8) is 0 Å². The summed E-state index contributed by atoms with van der Waals surface area (Å²) in [5, 5.41) is 2.96. The molecule has 150 valence electrons. The molecule has 0 bridgehead atoms. The van der Waals surface area contributed by atoms with E-state index in [4.69, 9.17) is 4.74 Å². The molecule has 0 radical (unpaired) electrons. The fourth-order valence-electron chi connectivity index (χ4n) is 2.87. The lowest BCUT2D eigenvalue weighted by atomic mass is 10.1. The van der Waals surface area contributed by atoms with Gasteiger partial charge in [0.1, 0.15) is 5.75 Å². The third-order valence-electron chi connectivity index (χ3n) is 4.59. The molecular formula is C23H30N2O3. The number of anilines is 1. The number of rotatable bonds is 10. The zero-order valence-corrected chi connectivity index (χ0v) is 17.0. The summed E-state index contributed by atoms with van der Waals surface area (Å²) in [4.78, 5) is 26.1. The molecule has 5 heteroatoms. The smallest absolute Gasteiger partial charge is 0.255 e. The van der Waals surface area contributed by atoms with E-state index in [1.807, 2.05) is 43.3 Å². The summed E-state index contributed by atoms with van der Waals surface area (Å²) < 4.78 is 5.69. The number of hydrogen-bond acceptors (Lipinski definition) is 3. The first-order valence-corrected chi connectivity index (χ1v) is 9.92. The predicted molar refractivity (Wildman–Crippen MR) is 113 cm³/mol. The Morgan fingerprint density at radius 1 is 1.00 bits per heavy atom. The predicted octanol–water partition coefficient (Wildman–Crippen LogP) is 4.88. The van der Waals surface area contributed by atoms with Crippen molar-refractivity contribution in [2.24, 2.45) is 0 Å². The van der Waals surface area contributed by atoms with Gasteiger partial charge in [0, 0.05) is 31.3 Å². The fraction of sp³-hybridized carbons (Fsp3) is 0.391. The maximum absolute atomic E-state index is 12.6. The van der Waals surface area contributed by atoms with Crippen molar-refractivity contribution in [2.45, 2.75) is 46.6 Å². The fourth-order valence-corrected chi connectivity index (χ4v) is 2.87. The molecule has 0 atom stereocenters. The molecule has 5 nitrogen and oxygen atoms in total. The van der Waals surface area contributed by atoms with Gasteiger partial charge in [-0.25, -0.2) is 0 Å². The van der Waals surface area contributed by atoms with Gasteiger partial charge < -0.3 is 15.0 Å². The summed E-state index contributed by atoms with van der Waals surface area (Å²) >= 11 is 0. The summed E-state index contributed by atoms with van der Waals surface area (Å²) in [6, 6.07) is 14.7. The number of carbonyl (C=O) groups excluding carboxylic acids is 2. The Labute approximate surface area is 167 Å². The molecule has 2 aromatic carbocycles. The number of ether oxygens (including phenoxy) is 1. The van der Waals surface area contributed by atoms with Crippen molar-refractivity contribution < 1.29 is 14.3 Å². The molecule has 2 aromatic rings. The van der Waals surface area contributed by atoms with Crippen molar-refractivity contribution in [1.29, 1.82) is 0 Å². The number of para-hydroxylation sites is 1. The van der Waals surface area contributed by atoms with Gasteiger partial charge >= 0.3 is 0 Å². The zero-order valence-electron chi connectivity index (χ0n) is 17.0. The van der Waals surface area contributed by atoms with E-state index < -0.39 is 0 Å². The van der Waals surface area contributed by atoms with Gasteiger partial charge in [-0.15, -0.1) is 0 Å². The molecule has 0 saturated heterocycles. The third kappa shape index (κ3) is 6.41. The number of carbonyl (C=O) groups is 2. The summed E-state index contributed by atoms with van der Waals surface area (Å²) in [6.45, 7) is 7.43. The number of unbranched alkanes of at least 4 members (excludes halogenated alkanes) is 2. The highest BCUT2D eigenvalue weighted by molar-refractivity contribution is 6.04. The highest BCUT2D eigenvalue weighted by Gasteiger charge is 2.13. The van der Waals surface area contributed by atoms with Crippen molar-refractivity contribution >= 4 is 17.5 Å². The average molecular weight is 383 g/mol. The van der Waals surface area contributed by atoms with Crippen LogP contribution in [0.15, 0.2) is 48.5 Å². The summed E-state index contributed by atoms with van der Waals surface area (Å²) in [6.07, 6.45) is 3.34. The number of hydrogen-bond donors (Lipinski definition) is 1. The van der Waals surface area contributed by atoms with E-state index in [-0.39, 0.29) is 11.8 Å². The van der Waals surface area contributed by atoms with Crippen molar-refractivity contribution in [3.05, 3.63) is 59.7 Å². The van der Waals surface area contributed by atoms with E-state index in [0.29, 0.717) is 30.9 Å². The maximum Gasteiger partial charge on any atom is 0.255 e. The minimum atomic E-state index is -0.184. The van der Waals surface area contributed by atoms with Crippen LogP contribution in [0.3, 0.4) is 0 Å². The minimum absolute atomic E-state index is 0.0122. The quantitative estimate of drug-likeness (QED) is 0.596. The Hall–Kier alpha value is -2.82. The van der Waals surface area contributed by atoms with Gasteiger partial charge in [0.25, 0.3) is 5.91 Å². The summed E-state index contributed by atoms with van der Waals surface area (Å²) in [5.74, 6) is 0.599. The van der Waals surface area contributed by atoms with Gasteiger partial charge in [0.15, 0.2) is 0 Å². The molecule has 0 fully saturated rings. The number of amides is 2. The first kappa shape index (κ1) is 21.5. The Morgan fingerprint density at radius 3 is 2.36 bits per heavy atom. The first-order chi connectivity index (χ1) is 13.5. The number of nitrogens with zero attached hydrogens (tertiary/aromatic N) is 1. The van der Waals surface area contributed by atoms with Gasteiger partial charge in [-0.3, -0.25) is 9.59 Å². The first-order valence-electron chi connectivity index (χ1n) is 9.92. The Balaban J connectivity index is 2.02. The van der Waals surface area contributed by atoms with Crippen LogP contribution >= 0.6 is 0 Å². The maximum atomic E-state index is 12.6. The van der Waals surface area contributed by atoms with Crippen LogP contribution in [0.4, 0.5) is 5.69 Å². The Bertz CT molecular complexity index is 772. The van der Waals surface area contributed by atoms with Crippen LogP contribution in [0.25, 0.3) is 0 Å². The van der Waals surface area contributed by atoms with Gasteiger partial charge in [0.2, 0.25) is 5.91 Å². The van der Waals surface area contributed by atoms with Crippen molar-refractivity contribution in [1.82, 2.24) is 4.90 Å². The second kappa shape index (κ2) is 11.1. The van der Waals surface area contributed by atoms with Crippen LogP contribution < -0.4 is 10.1 Å². The molecule has 2 rings (SSSR count). The summed E-state index contributed by atoms with van der Waals surface area (Å²) in [5.41, 5.74) is 2.19. The topological polar surface area (TPSA) is 58.6 Å². The number of nitrogens with one attached hydrogen (secondary N) is 1. The standard InChI is InChI=1S/C23H30N2O3/c1-4-6-9-16-28-21-14-12-19(13-15-21)23(27)24-22-11-8-7-10-20(22)17-25(5-2)18(3)26/h7-8,10-15H,4-6,9,16-17H2,1-3H3,(H,24,27). The number of benzene rings is 2. The summed E-state index contributed by atoms with van der Waals surface area (Å²) in [7, 11) is 0. The van der Waals surface area contributed by atoms with Crippen molar-refractivity contribution in [2.75, 3.05) is 18.5 Å².